The maximum Gasteiger partial charge on any atom is 0.213 e. The quantitative estimate of drug-likeness (QED) is 0.445. The summed E-state index contributed by atoms with van der Waals surface area (Å²) in [6.07, 6.45) is 6.25. The Balaban J connectivity index is 1.51. The number of rotatable bonds is 10. The average molecular weight is 431 g/mol. The lowest BCUT2D eigenvalue weighted by molar-refractivity contribution is 0.288. The van der Waals surface area contributed by atoms with E-state index in [9.17, 15) is 8.42 Å². The van der Waals surface area contributed by atoms with E-state index in [2.05, 4.69) is 20.6 Å². The number of sulfone groups is 1. The van der Waals surface area contributed by atoms with Crippen LogP contribution in [-0.4, -0.2) is 45.3 Å². The molecule has 0 saturated heterocycles. The SMILES string of the molecule is CCNC(=NCc1ccnc(OCC2CC2)c1)NCCc1ccc(S(C)(=O)=O)cc1. The van der Waals surface area contributed by atoms with Gasteiger partial charge in [0.2, 0.25) is 5.88 Å². The summed E-state index contributed by atoms with van der Waals surface area (Å²) >= 11 is 0. The van der Waals surface area contributed by atoms with Gasteiger partial charge in [-0.2, -0.15) is 0 Å². The summed E-state index contributed by atoms with van der Waals surface area (Å²) in [5.74, 6) is 2.09. The summed E-state index contributed by atoms with van der Waals surface area (Å²) in [6.45, 7) is 4.75. The highest BCUT2D eigenvalue weighted by Gasteiger charge is 2.22. The van der Waals surface area contributed by atoms with Crippen LogP contribution in [0.25, 0.3) is 0 Å². The third-order valence-electron chi connectivity index (χ3n) is 4.78. The number of pyridine rings is 1. The van der Waals surface area contributed by atoms with E-state index >= 15 is 0 Å². The highest BCUT2D eigenvalue weighted by molar-refractivity contribution is 7.90. The van der Waals surface area contributed by atoms with Crippen LogP contribution in [0.3, 0.4) is 0 Å². The average Bonchev–Trinajstić information content (AvgIpc) is 3.55. The van der Waals surface area contributed by atoms with Gasteiger partial charge in [0.05, 0.1) is 18.0 Å². The lowest BCUT2D eigenvalue weighted by Crippen LogP contribution is -2.38. The molecule has 1 aromatic heterocycles. The van der Waals surface area contributed by atoms with E-state index in [1.54, 1.807) is 18.3 Å². The largest absolute Gasteiger partial charge is 0.477 e. The van der Waals surface area contributed by atoms with Crippen LogP contribution in [0, 0.1) is 5.92 Å². The molecule has 0 atom stereocenters. The van der Waals surface area contributed by atoms with E-state index in [-0.39, 0.29) is 0 Å². The number of aliphatic imine (C=N–C) groups is 1. The predicted octanol–water partition coefficient (Wildman–Crippen LogP) is 2.57. The second-order valence-electron chi connectivity index (χ2n) is 7.54. The molecule has 1 fully saturated rings. The first kappa shape index (κ1) is 22.1. The van der Waals surface area contributed by atoms with Gasteiger partial charge in [0, 0.05) is 31.6 Å². The molecular formula is C22H30N4O3S. The molecule has 30 heavy (non-hydrogen) atoms. The number of benzene rings is 1. The van der Waals surface area contributed by atoms with E-state index in [4.69, 9.17) is 4.74 Å². The summed E-state index contributed by atoms with van der Waals surface area (Å²) in [5.41, 5.74) is 2.11. The van der Waals surface area contributed by atoms with Gasteiger partial charge in [0.1, 0.15) is 0 Å². The fourth-order valence-corrected chi connectivity index (χ4v) is 3.49. The van der Waals surface area contributed by atoms with Gasteiger partial charge in [-0.15, -0.1) is 0 Å². The fraction of sp³-hybridized carbons (Fsp3) is 0.455. The molecule has 0 bridgehead atoms. The number of nitrogens with one attached hydrogen (secondary N) is 2. The van der Waals surface area contributed by atoms with Crippen molar-refractivity contribution in [1.82, 2.24) is 15.6 Å². The molecule has 8 heteroatoms. The van der Waals surface area contributed by atoms with Gasteiger partial charge in [-0.1, -0.05) is 12.1 Å². The minimum absolute atomic E-state index is 0.340. The topological polar surface area (TPSA) is 92.7 Å². The molecule has 3 rings (SSSR count). The zero-order valence-corrected chi connectivity index (χ0v) is 18.4. The van der Waals surface area contributed by atoms with Crippen molar-refractivity contribution >= 4 is 15.8 Å². The lowest BCUT2D eigenvalue weighted by atomic mass is 10.1. The monoisotopic (exact) mass is 430 g/mol. The second kappa shape index (κ2) is 10.4. The normalized spacial score (nSPS) is 14.4. The van der Waals surface area contributed by atoms with Crippen LogP contribution in [0.1, 0.15) is 30.9 Å². The van der Waals surface area contributed by atoms with Crippen molar-refractivity contribution in [2.45, 2.75) is 37.6 Å². The van der Waals surface area contributed by atoms with E-state index in [1.807, 2.05) is 31.2 Å². The Morgan fingerprint density at radius 3 is 2.60 bits per heavy atom. The van der Waals surface area contributed by atoms with Gasteiger partial charge in [0.25, 0.3) is 0 Å². The molecule has 162 valence electrons. The van der Waals surface area contributed by atoms with Crippen molar-refractivity contribution in [2.75, 3.05) is 26.0 Å². The first-order valence-electron chi connectivity index (χ1n) is 10.3. The zero-order valence-electron chi connectivity index (χ0n) is 17.6. The Hall–Kier alpha value is -2.61. The van der Waals surface area contributed by atoms with Crippen molar-refractivity contribution in [2.24, 2.45) is 10.9 Å². The van der Waals surface area contributed by atoms with Gasteiger partial charge in [-0.25, -0.2) is 18.4 Å². The van der Waals surface area contributed by atoms with E-state index < -0.39 is 9.84 Å². The predicted molar refractivity (Wildman–Crippen MR) is 119 cm³/mol. The maximum atomic E-state index is 11.6. The molecule has 1 saturated carbocycles. The van der Waals surface area contributed by atoms with Gasteiger partial charge >= 0.3 is 0 Å². The number of aromatic nitrogens is 1. The number of guanidine groups is 1. The molecule has 0 unspecified atom stereocenters. The smallest absolute Gasteiger partial charge is 0.213 e. The Kier molecular flexibility index (Phi) is 7.68. The number of ether oxygens (including phenoxy) is 1. The van der Waals surface area contributed by atoms with Crippen LogP contribution < -0.4 is 15.4 Å². The standard InChI is InChI=1S/C22H30N4O3S/c1-3-23-22(25-13-10-17-6-8-20(9-7-17)30(2,27)28)26-15-19-11-12-24-21(14-19)29-16-18-4-5-18/h6-9,11-12,14,18H,3-5,10,13,15-16H2,1-2H3,(H2,23,25,26). The molecule has 2 aromatic rings. The fourth-order valence-electron chi connectivity index (χ4n) is 2.86. The van der Waals surface area contributed by atoms with Gasteiger partial charge < -0.3 is 15.4 Å². The maximum absolute atomic E-state index is 11.6. The third-order valence-corrected chi connectivity index (χ3v) is 5.91. The van der Waals surface area contributed by atoms with Crippen molar-refractivity contribution in [3.05, 3.63) is 53.7 Å². The molecule has 2 N–H and O–H groups in total. The van der Waals surface area contributed by atoms with Crippen LogP contribution in [0.15, 0.2) is 52.5 Å². The van der Waals surface area contributed by atoms with Crippen LogP contribution >= 0.6 is 0 Å². The van der Waals surface area contributed by atoms with Gasteiger partial charge in [0.15, 0.2) is 15.8 Å². The molecule has 1 heterocycles. The highest BCUT2D eigenvalue weighted by atomic mass is 32.2. The van der Waals surface area contributed by atoms with Crippen molar-refractivity contribution in [3.63, 3.8) is 0 Å². The third kappa shape index (κ3) is 7.33. The van der Waals surface area contributed by atoms with Crippen LogP contribution in [0.5, 0.6) is 5.88 Å². The molecular weight excluding hydrogens is 400 g/mol. The van der Waals surface area contributed by atoms with Crippen molar-refractivity contribution in [3.8, 4) is 5.88 Å². The summed E-state index contributed by atoms with van der Waals surface area (Å²) in [6, 6.07) is 10.9. The molecule has 1 aliphatic rings. The van der Waals surface area contributed by atoms with Crippen molar-refractivity contribution in [1.29, 1.82) is 0 Å². The van der Waals surface area contributed by atoms with Gasteiger partial charge in [-0.3, -0.25) is 0 Å². The highest BCUT2D eigenvalue weighted by Crippen LogP contribution is 2.29. The zero-order chi connectivity index (χ0) is 21.4. The molecule has 0 radical (unpaired) electrons. The summed E-state index contributed by atoms with van der Waals surface area (Å²) in [5, 5.41) is 6.56. The first-order chi connectivity index (χ1) is 14.4. The van der Waals surface area contributed by atoms with E-state index in [0.717, 1.165) is 36.7 Å². The molecule has 0 aliphatic heterocycles. The lowest BCUT2D eigenvalue weighted by Gasteiger charge is -2.12. The van der Waals surface area contributed by atoms with Crippen LogP contribution in [0.2, 0.25) is 0 Å². The van der Waals surface area contributed by atoms with Gasteiger partial charge in [-0.05, 0) is 61.4 Å². The minimum Gasteiger partial charge on any atom is -0.477 e. The van der Waals surface area contributed by atoms with E-state index in [1.165, 1.54) is 19.1 Å². The molecule has 1 aliphatic carbocycles. The molecule has 7 nitrogen and oxygen atoms in total. The Bertz CT molecular complexity index is 955. The van der Waals surface area contributed by atoms with Crippen molar-refractivity contribution < 1.29 is 13.2 Å². The Morgan fingerprint density at radius 1 is 1.17 bits per heavy atom. The number of hydrogen-bond donors (Lipinski definition) is 2. The first-order valence-corrected chi connectivity index (χ1v) is 12.2. The molecule has 0 amide bonds. The number of hydrogen-bond acceptors (Lipinski definition) is 5. The summed E-state index contributed by atoms with van der Waals surface area (Å²) < 4.78 is 28.8. The Morgan fingerprint density at radius 2 is 1.93 bits per heavy atom. The minimum atomic E-state index is -3.16. The molecule has 0 spiro atoms. The Labute approximate surface area is 178 Å². The van der Waals surface area contributed by atoms with E-state index in [0.29, 0.717) is 29.8 Å². The molecule has 1 aromatic carbocycles. The van der Waals surface area contributed by atoms with Crippen LogP contribution in [-0.2, 0) is 22.8 Å². The summed E-state index contributed by atoms with van der Waals surface area (Å²) in [4.78, 5) is 9.25. The summed E-state index contributed by atoms with van der Waals surface area (Å²) in [7, 11) is -3.16. The number of nitrogens with zero attached hydrogens (tertiary/aromatic N) is 2. The second-order valence-corrected chi connectivity index (χ2v) is 9.56. The van der Waals surface area contributed by atoms with Crippen LogP contribution in [0.4, 0.5) is 0 Å².